The van der Waals surface area contributed by atoms with Crippen LogP contribution < -0.4 is 5.32 Å². The normalized spacial score (nSPS) is 18.8. The molecule has 100 valence electrons. The Bertz CT molecular complexity index is 251. The Hall–Kier alpha value is -0.420. The van der Waals surface area contributed by atoms with Crippen LogP contribution >= 0.6 is 0 Å². The van der Waals surface area contributed by atoms with Gasteiger partial charge in [0.05, 0.1) is 6.54 Å². The second-order valence-corrected chi connectivity index (χ2v) is 6.27. The van der Waals surface area contributed by atoms with E-state index < -0.39 is 10.8 Å². The summed E-state index contributed by atoms with van der Waals surface area (Å²) in [5.74, 6) is 1.53. The molecule has 1 rings (SSSR count). The molecule has 0 saturated carbocycles. The van der Waals surface area contributed by atoms with Crippen molar-refractivity contribution in [1.82, 2.24) is 10.2 Å². The second-order valence-electron chi connectivity index (χ2n) is 4.40. The third kappa shape index (κ3) is 6.17. The second kappa shape index (κ2) is 8.64. The summed E-state index contributed by atoms with van der Waals surface area (Å²) >= 11 is 0. The molecule has 0 spiro atoms. The van der Waals surface area contributed by atoms with E-state index in [2.05, 4.69) is 5.32 Å². The SMILES string of the molecule is CCS(=O)CCNCC(=O)N1CCCCCC1. The van der Waals surface area contributed by atoms with Gasteiger partial charge >= 0.3 is 0 Å². The number of carbonyl (C=O) groups is 1. The molecule has 17 heavy (non-hydrogen) atoms. The maximum Gasteiger partial charge on any atom is 0.236 e. The molecule has 0 aromatic rings. The van der Waals surface area contributed by atoms with Crippen molar-refractivity contribution in [3.8, 4) is 0 Å². The Labute approximate surface area is 107 Å². The lowest BCUT2D eigenvalue weighted by Crippen LogP contribution is -2.39. The number of hydrogen-bond acceptors (Lipinski definition) is 3. The maximum atomic E-state index is 11.9. The van der Waals surface area contributed by atoms with Crippen LogP contribution in [0.25, 0.3) is 0 Å². The van der Waals surface area contributed by atoms with Gasteiger partial charge in [0.15, 0.2) is 0 Å². The van der Waals surface area contributed by atoms with E-state index in [9.17, 15) is 9.00 Å². The van der Waals surface area contributed by atoms with Crippen molar-refractivity contribution in [3.05, 3.63) is 0 Å². The number of carbonyl (C=O) groups excluding carboxylic acids is 1. The predicted octanol–water partition coefficient (Wildman–Crippen LogP) is 0.747. The average Bonchev–Trinajstić information content (AvgIpc) is 2.62. The molecule has 0 aromatic carbocycles. The van der Waals surface area contributed by atoms with Gasteiger partial charge in [-0.2, -0.15) is 0 Å². The molecule has 1 amide bonds. The van der Waals surface area contributed by atoms with Gasteiger partial charge in [0.1, 0.15) is 0 Å². The zero-order valence-corrected chi connectivity index (χ0v) is 11.6. The minimum absolute atomic E-state index is 0.189. The minimum Gasteiger partial charge on any atom is -0.342 e. The molecule has 5 heteroatoms. The Balaban J connectivity index is 2.13. The van der Waals surface area contributed by atoms with E-state index in [4.69, 9.17) is 0 Å². The summed E-state index contributed by atoms with van der Waals surface area (Å²) in [6.07, 6.45) is 4.75. The lowest BCUT2D eigenvalue weighted by molar-refractivity contribution is -0.130. The van der Waals surface area contributed by atoms with Gasteiger partial charge in [-0.3, -0.25) is 9.00 Å². The summed E-state index contributed by atoms with van der Waals surface area (Å²) in [5.41, 5.74) is 0. The van der Waals surface area contributed by atoms with Crippen LogP contribution in [-0.4, -0.2) is 52.7 Å². The average molecular weight is 260 g/mol. The fourth-order valence-electron chi connectivity index (χ4n) is 1.96. The highest BCUT2D eigenvalue weighted by molar-refractivity contribution is 7.84. The summed E-state index contributed by atoms with van der Waals surface area (Å²) in [4.78, 5) is 13.8. The highest BCUT2D eigenvalue weighted by Gasteiger charge is 2.14. The van der Waals surface area contributed by atoms with Gasteiger partial charge in [-0.1, -0.05) is 19.8 Å². The molecule has 0 radical (unpaired) electrons. The van der Waals surface area contributed by atoms with Gasteiger partial charge < -0.3 is 10.2 Å². The van der Waals surface area contributed by atoms with Gasteiger partial charge in [0.2, 0.25) is 5.91 Å². The molecule has 1 heterocycles. The first-order valence-electron chi connectivity index (χ1n) is 6.57. The maximum absolute atomic E-state index is 11.9. The van der Waals surface area contributed by atoms with Gasteiger partial charge in [0.25, 0.3) is 0 Å². The van der Waals surface area contributed by atoms with Crippen LogP contribution in [0.1, 0.15) is 32.6 Å². The van der Waals surface area contributed by atoms with Gasteiger partial charge in [-0.15, -0.1) is 0 Å². The summed E-state index contributed by atoms with van der Waals surface area (Å²) in [7, 11) is -0.737. The third-order valence-corrected chi connectivity index (χ3v) is 4.37. The highest BCUT2D eigenvalue weighted by atomic mass is 32.2. The first kappa shape index (κ1) is 14.6. The monoisotopic (exact) mass is 260 g/mol. The molecule has 1 aliphatic heterocycles. The number of nitrogens with one attached hydrogen (secondary N) is 1. The molecule has 1 unspecified atom stereocenters. The lowest BCUT2D eigenvalue weighted by atomic mass is 10.2. The van der Waals surface area contributed by atoms with Gasteiger partial charge in [0, 0.05) is 41.9 Å². The number of rotatable bonds is 6. The first-order valence-corrected chi connectivity index (χ1v) is 8.06. The lowest BCUT2D eigenvalue weighted by Gasteiger charge is -2.20. The number of likely N-dealkylation sites (tertiary alicyclic amines) is 1. The quantitative estimate of drug-likeness (QED) is 0.717. The molecular weight excluding hydrogens is 236 g/mol. The van der Waals surface area contributed by atoms with Crippen molar-refractivity contribution < 1.29 is 9.00 Å². The highest BCUT2D eigenvalue weighted by Crippen LogP contribution is 2.09. The molecule has 1 saturated heterocycles. The van der Waals surface area contributed by atoms with Crippen LogP contribution in [0, 0.1) is 0 Å². The van der Waals surface area contributed by atoms with Crippen molar-refractivity contribution in [1.29, 1.82) is 0 Å². The van der Waals surface area contributed by atoms with Crippen molar-refractivity contribution in [2.75, 3.05) is 37.7 Å². The van der Waals surface area contributed by atoms with E-state index >= 15 is 0 Å². The first-order chi connectivity index (χ1) is 8.24. The zero-order valence-electron chi connectivity index (χ0n) is 10.7. The van der Waals surface area contributed by atoms with Crippen molar-refractivity contribution in [2.24, 2.45) is 0 Å². The largest absolute Gasteiger partial charge is 0.342 e. The van der Waals surface area contributed by atoms with Gasteiger partial charge in [-0.25, -0.2) is 0 Å². The summed E-state index contributed by atoms with van der Waals surface area (Å²) in [6.45, 7) is 4.78. The summed E-state index contributed by atoms with van der Waals surface area (Å²) in [5, 5.41) is 3.08. The molecule has 0 bridgehead atoms. The van der Waals surface area contributed by atoms with Crippen LogP contribution in [0.5, 0.6) is 0 Å². The molecule has 0 aromatic heterocycles. The van der Waals surface area contributed by atoms with Crippen LogP contribution in [0.4, 0.5) is 0 Å². The number of amides is 1. The van der Waals surface area contributed by atoms with E-state index in [0.29, 0.717) is 24.6 Å². The molecule has 1 aliphatic rings. The van der Waals surface area contributed by atoms with E-state index in [1.165, 1.54) is 12.8 Å². The van der Waals surface area contributed by atoms with Crippen LogP contribution in [0.2, 0.25) is 0 Å². The Morgan fingerprint density at radius 2 is 1.88 bits per heavy atom. The van der Waals surface area contributed by atoms with Gasteiger partial charge in [-0.05, 0) is 12.8 Å². The fourth-order valence-corrected chi connectivity index (χ4v) is 2.62. The molecule has 1 atom stereocenters. The van der Waals surface area contributed by atoms with E-state index in [0.717, 1.165) is 25.9 Å². The topological polar surface area (TPSA) is 49.4 Å². The van der Waals surface area contributed by atoms with Crippen LogP contribution in [0.15, 0.2) is 0 Å². The molecule has 0 aliphatic carbocycles. The Morgan fingerprint density at radius 3 is 2.47 bits per heavy atom. The molecule has 1 fully saturated rings. The summed E-state index contributed by atoms with van der Waals surface area (Å²) < 4.78 is 11.2. The zero-order chi connectivity index (χ0) is 12.5. The van der Waals surface area contributed by atoms with E-state index in [1.54, 1.807) is 0 Å². The molecular formula is C12H24N2O2S. The van der Waals surface area contributed by atoms with E-state index in [1.807, 2.05) is 11.8 Å². The predicted molar refractivity (Wildman–Crippen MR) is 71.5 cm³/mol. The third-order valence-electron chi connectivity index (χ3n) is 3.06. The molecule has 4 nitrogen and oxygen atoms in total. The standard InChI is InChI=1S/C12H24N2O2S/c1-2-17(16)10-7-13-11-12(15)14-8-5-3-4-6-9-14/h13H,2-11H2,1H3. The Morgan fingerprint density at radius 1 is 1.24 bits per heavy atom. The Kier molecular flexibility index (Phi) is 7.44. The minimum atomic E-state index is -0.737. The van der Waals surface area contributed by atoms with Crippen molar-refractivity contribution in [3.63, 3.8) is 0 Å². The van der Waals surface area contributed by atoms with Crippen LogP contribution in [0.3, 0.4) is 0 Å². The fraction of sp³-hybridized carbons (Fsp3) is 0.917. The summed E-state index contributed by atoms with van der Waals surface area (Å²) in [6, 6.07) is 0. The van der Waals surface area contributed by atoms with Crippen molar-refractivity contribution >= 4 is 16.7 Å². The number of hydrogen-bond donors (Lipinski definition) is 1. The van der Waals surface area contributed by atoms with E-state index in [-0.39, 0.29) is 5.91 Å². The smallest absolute Gasteiger partial charge is 0.236 e. The van der Waals surface area contributed by atoms with Crippen molar-refractivity contribution in [2.45, 2.75) is 32.6 Å². The number of nitrogens with zero attached hydrogens (tertiary/aromatic N) is 1. The van der Waals surface area contributed by atoms with Crippen LogP contribution in [-0.2, 0) is 15.6 Å². The molecule has 1 N–H and O–H groups in total.